The molecule has 7 nitrogen and oxygen atoms in total. The van der Waals surface area contributed by atoms with Crippen molar-refractivity contribution in [2.45, 2.75) is 25.7 Å². The SMILES string of the molecule is COc1ccc(CCC(=O)OCC(=O)c2cccc(N3CCCC3=O)c2)cc1OC. The third-order valence-corrected chi connectivity index (χ3v) is 4.98. The summed E-state index contributed by atoms with van der Waals surface area (Å²) in [6.45, 7) is 0.323. The predicted molar refractivity (Wildman–Crippen MR) is 111 cm³/mol. The molecule has 0 aromatic heterocycles. The number of esters is 1. The molecular weight excluding hydrogens is 386 g/mol. The number of ketones is 1. The summed E-state index contributed by atoms with van der Waals surface area (Å²) >= 11 is 0. The van der Waals surface area contributed by atoms with Crippen molar-refractivity contribution < 1.29 is 28.6 Å². The normalized spacial score (nSPS) is 13.3. The highest BCUT2D eigenvalue weighted by Gasteiger charge is 2.22. The maximum Gasteiger partial charge on any atom is 0.306 e. The number of benzene rings is 2. The number of hydrogen-bond donors (Lipinski definition) is 0. The van der Waals surface area contributed by atoms with Gasteiger partial charge in [0.2, 0.25) is 5.91 Å². The quantitative estimate of drug-likeness (QED) is 0.466. The second-order valence-corrected chi connectivity index (χ2v) is 6.97. The first-order valence-electron chi connectivity index (χ1n) is 9.82. The van der Waals surface area contributed by atoms with Gasteiger partial charge in [0.1, 0.15) is 0 Å². The molecule has 1 aliphatic heterocycles. The highest BCUT2D eigenvalue weighted by molar-refractivity contribution is 6.01. The van der Waals surface area contributed by atoms with Crippen LogP contribution in [-0.2, 0) is 20.7 Å². The van der Waals surface area contributed by atoms with Gasteiger partial charge >= 0.3 is 5.97 Å². The molecule has 0 spiro atoms. The first kappa shape index (κ1) is 21.4. The van der Waals surface area contributed by atoms with Crippen LogP contribution in [0.3, 0.4) is 0 Å². The number of hydrogen-bond acceptors (Lipinski definition) is 6. The van der Waals surface area contributed by atoms with Gasteiger partial charge in [-0.25, -0.2) is 0 Å². The molecule has 30 heavy (non-hydrogen) atoms. The van der Waals surface area contributed by atoms with Crippen LogP contribution in [0, 0.1) is 0 Å². The minimum atomic E-state index is -0.455. The highest BCUT2D eigenvalue weighted by atomic mass is 16.5. The smallest absolute Gasteiger partial charge is 0.306 e. The standard InChI is InChI=1S/C23H25NO6/c1-28-20-10-8-16(13-21(20)29-2)9-11-23(27)30-15-19(25)17-5-3-6-18(14-17)24-12-4-7-22(24)26/h3,5-6,8,10,13-14H,4,7,9,11-12,15H2,1-2H3. The Morgan fingerprint density at radius 2 is 1.83 bits per heavy atom. The van der Waals surface area contributed by atoms with Crippen LogP contribution in [-0.4, -0.2) is 45.0 Å². The number of rotatable bonds is 9. The van der Waals surface area contributed by atoms with E-state index in [1.165, 1.54) is 0 Å². The molecule has 0 bridgehead atoms. The Morgan fingerprint density at radius 1 is 1.03 bits per heavy atom. The van der Waals surface area contributed by atoms with Crippen LogP contribution in [0.25, 0.3) is 0 Å². The molecule has 2 aromatic carbocycles. The first-order valence-corrected chi connectivity index (χ1v) is 9.82. The molecule has 1 fully saturated rings. The monoisotopic (exact) mass is 411 g/mol. The van der Waals surface area contributed by atoms with Crippen LogP contribution in [0.5, 0.6) is 11.5 Å². The Bertz CT molecular complexity index is 939. The molecule has 0 atom stereocenters. The predicted octanol–water partition coefficient (Wildman–Crippen LogP) is 3.19. The Hall–Kier alpha value is -3.35. The number of methoxy groups -OCH3 is 2. The van der Waals surface area contributed by atoms with Crippen LogP contribution >= 0.6 is 0 Å². The first-order chi connectivity index (χ1) is 14.5. The van der Waals surface area contributed by atoms with Crippen LogP contribution in [0.15, 0.2) is 42.5 Å². The largest absolute Gasteiger partial charge is 0.493 e. The number of amides is 1. The Labute approximate surface area is 175 Å². The number of carbonyl (C=O) groups is 3. The van der Waals surface area contributed by atoms with E-state index in [0.29, 0.717) is 42.1 Å². The van der Waals surface area contributed by atoms with Gasteiger partial charge in [-0.2, -0.15) is 0 Å². The number of nitrogens with zero attached hydrogens (tertiary/aromatic N) is 1. The maximum atomic E-state index is 12.4. The topological polar surface area (TPSA) is 82.1 Å². The van der Waals surface area contributed by atoms with E-state index in [0.717, 1.165) is 12.0 Å². The zero-order chi connectivity index (χ0) is 21.5. The minimum absolute atomic E-state index is 0.0567. The Kier molecular flexibility index (Phi) is 7.06. The van der Waals surface area contributed by atoms with Gasteiger partial charge in [0.15, 0.2) is 23.9 Å². The lowest BCUT2D eigenvalue weighted by atomic mass is 10.1. The third-order valence-electron chi connectivity index (χ3n) is 4.98. The zero-order valence-electron chi connectivity index (χ0n) is 17.2. The molecule has 1 amide bonds. The van der Waals surface area contributed by atoms with Crippen molar-refractivity contribution in [2.24, 2.45) is 0 Å². The highest BCUT2D eigenvalue weighted by Crippen LogP contribution is 2.28. The van der Waals surface area contributed by atoms with Crippen LogP contribution < -0.4 is 14.4 Å². The van der Waals surface area contributed by atoms with E-state index in [1.807, 2.05) is 12.1 Å². The van der Waals surface area contributed by atoms with Gasteiger partial charge in [-0.1, -0.05) is 18.2 Å². The average molecular weight is 411 g/mol. The molecule has 0 radical (unpaired) electrons. The fourth-order valence-electron chi connectivity index (χ4n) is 3.35. The third kappa shape index (κ3) is 5.17. The molecular formula is C23H25NO6. The summed E-state index contributed by atoms with van der Waals surface area (Å²) in [4.78, 5) is 38.0. The Morgan fingerprint density at radius 3 is 2.53 bits per heavy atom. The molecule has 1 saturated heterocycles. The average Bonchev–Trinajstić information content (AvgIpc) is 3.21. The van der Waals surface area contributed by atoms with Crippen molar-refractivity contribution in [3.63, 3.8) is 0 Å². The van der Waals surface area contributed by atoms with Crippen molar-refractivity contribution in [1.82, 2.24) is 0 Å². The van der Waals surface area contributed by atoms with Crippen molar-refractivity contribution >= 4 is 23.3 Å². The summed E-state index contributed by atoms with van der Waals surface area (Å²) in [5.74, 6) is 0.510. The van der Waals surface area contributed by atoms with Crippen LogP contribution in [0.1, 0.15) is 35.2 Å². The molecule has 1 aliphatic rings. The fourth-order valence-corrected chi connectivity index (χ4v) is 3.35. The van der Waals surface area contributed by atoms with Gasteiger partial charge in [0.25, 0.3) is 0 Å². The second-order valence-electron chi connectivity index (χ2n) is 6.97. The lowest BCUT2D eigenvalue weighted by Gasteiger charge is -2.16. The molecule has 3 rings (SSSR count). The van der Waals surface area contributed by atoms with Gasteiger partial charge in [-0.05, 0) is 42.7 Å². The molecule has 7 heteroatoms. The molecule has 0 aliphatic carbocycles. The number of anilines is 1. The fraction of sp³-hybridized carbons (Fsp3) is 0.348. The van der Waals surface area contributed by atoms with E-state index in [1.54, 1.807) is 49.5 Å². The van der Waals surface area contributed by atoms with E-state index < -0.39 is 5.97 Å². The van der Waals surface area contributed by atoms with Crippen molar-refractivity contribution in [3.05, 3.63) is 53.6 Å². The number of Topliss-reactive ketones (excluding diaryl/α,β-unsaturated/α-hetero) is 1. The zero-order valence-corrected chi connectivity index (χ0v) is 17.2. The summed E-state index contributed by atoms with van der Waals surface area (Å²) < 4.78 is 15.6. The minimum Gasteiger partial charge on any atom is -0.493 e. The lowest BCUT2D eigenvalue weighted by molar-refractivity contribution is -0.142. The number of carbonyl (C=O) groups excluding carboxylic acids is 3. The molecule has 1 heterocycles. The summed E-state index contributed by atoms with van der Waals surface area (Å²) in [6, 6.07) is 12.3. The van der Waals surface area contributed by atoms with Crippen LogP contribution in [0.4, 0.5) is 5.69 Å². The van der Waals surface area contributed by atoms with Crippen molar-refractivity contribution in [2.75, 3.05) is 32.3 Å². The molecule has 0 N–H and O–H groups in total. The van der Waals surface area contributed by atoms with E-state index in [4.69, 9.17) is 14.2 Å². The molecule has 2 aromatic rings. The maximum absolute atomic E-state index is 12.4. The van der Waals surface area contributed by atoms with Gasteiger partial charge in [0.05, 0.1) is 14.2 Å². The second kappa shape index (κ2) is 9.91. The van der Waals surface area contributed by atoms with Crippen molar-refractivity contribution in [1.29, 1.82) is 0 Å². The van der Waals surface area contributed by atoms with E-state index >= 15 is 0 Å². The van der Waals surface area contributed by atoms with Gasteiger partial charge in [-0.3, -0.25) is 14.4 Å². The summed E-state index contributed by atoms with van der Waals surface area (Å²) in [5, 5.41) is 0. The summed E-state index contributed by atoms with van der Waals surface area (Å²) in [6.07, 6.45) is 1.94. The molecule has 0 saturated carbocycles. The van der Waals surface area contributed by atoms with Crippen LogP contribution in [0.2, 0.25) is 0 Å². The van der Waals surface area contributed by atoms with E-state index in [2.05, 4.69) is 0 Å². The lowest BCUT2D eigenvalue weighted by Crippen LogP contribution is -2.24. The van der Waals surface area contributed by atoms with Gasteiger partial charge < -0.3 is 19.1 Å². The van der Waals surface area contributed by atoms with E-state index in [9.17, 15) is 14.4 Å². The Balaban J connectivity index is 1.51. The summed E-state index contributed by atoms with van der Waals surface area (Å²) in [5.41, 5.74) is 2.02. The molecule has 0 unspecified atom stereocenters. The van der Waals surface area contributed by atoms with Gasteiger partial charge in [-0.15, -0.1) is 0 Å². The number of aryl methyl sites for hydroxylation is 1. The van der Waals surface area contributed by atoms with Gasteiger partial charge in [0, 0.05) is 30.6 Å². The summed E-state index contributed by atoms with van der Waals surface area (Å²) in [7, 11) is 3.11. The number of ether oxygens (including phenoxy) is 3. The van der Waals surface area contributed by atoms with Crippen molar-refractivity contribution in [3.8, 4) is 11.5 Å². The molecule has 158 valence electrons. The van der Waals surface area contributed by atoms with E-state index in [-0.39, 0.29) is 24.7 Å².